The average Bonchev–Trinajstić information content (AvgIpc) is 2.36. The fourth-order valence-electron chi connectivity index (χ4n) is 1.60. The van der Waals surface area contributed by atoms with Crippen molar-refractivity contribution in [3.8, 4) is 0 Å². The molecule has 1 rings (SSSR count). The van der Waals surface area contributed by atoms with Gasteiger partial charge in [0.1, 0.15) is 6.10 Å². The molecule has 0 fully saturated rings. The van der Waals surface area contributed by atoms with Gasteiger partial charge in [0.2, 0.25) is 5.91 Å². The Balaban J connectivity index is 2.92. The van der Waals surface area contributed by atoms with Gasteiger partial charge in [-0.15, -0.1) is 0 Å². The van der Waals surface area contributed by atoms with Gasteiger partial charge < -0.3 is 20.9 Å². The third-order valence-corrected chi connectivity index (χ3v) is 2.49. The van der Waals surface area contributed by atoms with Gasteiger partial charge >= 0.3 is 5.97 Å². The van der Waals surface area contributed by atoms with Crippen LogP contribution in [0.4, 0.5) is 5.69 Å². The first kappa shape index (κ1) is 15.0. The normalized spacial score (nSPS) is 13.4. The molecule has 4 N–H and O–H groups in total. The lowest BCUT2D eigenvalue weighted by atomic mass is 10.0. The molecule has 0 saturated carbocycles. The van der Waals surface area contributed by atoms with Crippen LogP contribution in [0.3, 0.4) is 0 Å². The fourth-order valence-corrected chi connectivity index (χ4v) is 1.60. The Labute approximate surface area is 111 Å². The average molecular weight is 266 g/mol. The van der Waals surface area contributed by atoms with Crippen LogP contribution in [0.1, 0.15) is 25.5 Å². The predicted octanol–water partition coefficient (Wildman–Crippen LogP) is 0.370. The maximum Gasteiger partial charge on any atom is 0.331 e. The van der Waals surface area contributed by atoms with Gasteiger partial charge in [-0.25, -0.2) is 4.79 Å². The van der Waals surface area contributed by atoms with Crippen LogP contribution in [0, 0.1) is 0 Å². The van der Waals surface area contributed by atoms with Crippen molar-refractivity contribution in [1.82, 2.24) is 5.32 Å². The fraction of sp³-hybridized carbons (Fsp3) is 0.385. The van der Waals surface area contributed by atoms with Gasteiger partial charge in [-0.05, 0) is 24.6 Å². The summed E-state index contributed by atoms with van der Waals surface area (Å²) < 4.78 is 4.83. The SMILES string of the molecule is CCOC(=O)[C@H](NC(C)=O)[C@H](O)c1ccc(N)cc1. The molecule has 0 radical (unpaired) electrons. The minimum absolute atomic E-state index is 0.170. The van der Waals surface area contributed by atoms with Crippen molar-refractivity contribution in [2.45, 2.75) is 26.0 Å². The number of nitrogens with one attached hydrogen (secondary N) is 1. The summed E-state index contributed by atoms with van der Waals surface area (Å²) >= 11 is 0. The Bertz CT molecular complexity index is 444. The maximum absolute atomic E-state index is 11.7. The molecule has 0 aliphatic carbocycles. The largest absolute Gasteiger partial charge is 0.464 e. The van der Waals surface area contributed by atoms with E-state index in [1.165, 1.54) is 6.92 Å². The van der Waals surface area contributed by atoms with E-state index in [9.17, 15) is 14.7 Å². The highest BCUT2D eigenvalue weighted by molar-refractivity contribution is 5.84. The van der Waals surface area contributed by atoms with Crippen LogP contribution in [0.2, 0.25) is 0 Å². The summed E-state index contributed by atoms with van der Waals surface area (Å²) in [6.07, 6.45) is -1.19. The molecule has 19 heavy (non-hydrogen) atoms. The number of benzene rings is 1. The van der Waals surface area contributed by atoms with Crippen LogP contribution in [0.25, 0.3) is 0 Å². The zero-order chi connectivity index (χ0) is 14.4. The number of nitrogens with two attached hydrogens (primary N) is 1. The standard InChI is InChI=1S/C13H18N2O4/c1-3-19-13(18)11(15-8(2)16)12(17)9-4-6-10(14)7-5-9/h4-7,11-12,17H,3,14H2,1-2H3,(H,15,16)/t11-,12-/m1/s1. The van der Waals surface area contributed by atoms with Crippen molar-refractivity contribution in [1.29, 1.82) is 0 Å². The van der Waals surface area contributed by atoms with Gasteiger partial charge in [-0.1, -0.05) is 12.1 Å². The van der Waals surface area contributed by atoms with Crippen LogP contribution in [-0.2, 0) is 14.3 Å². The quantitative estimate of drug-likeness (QED) is 0.528. The summed E-state index contributed by atoms with van der Waals surface area (Å²) in [5.41, 5.74) is 6.57. The Hall–Kier alpha value is -2.08. The Morgan fingerprint density at radius 2 is 1.95 bits per heavy atom. The number of amides is 1. The van der Waals surface area contributed by atoms with E-state index in [1.54, 1.807) is 31.2 Å². The van der Waals surface area contributed by atoms with Crippen molar-refractivity contribution in [2.75, 3.05) is 12.3 Å². The van der Waals surface area contributed by atoms with Gasteiger partial charge in [-0.3, -0.25) is 4.79 Å². The number of carbonyl (C=O) groups is 2. The Morgan fingerprint density at radius 1 is 1.37 bits per heavy atom. The van der Waals surface area contributed by atoms with E-state index in [0.717, 1.165) is 0 Å². The molecule has 6 nitrogen and oxygen atoms in total. The Morgan fingerprint density at radius 3 is 2.42 bits per heavy atom. The number of ether oxygens (including phenoxy) is 1. The first-order valence-corrected chi connectivity index (χ1v) is 5.93. The molecule has 0 aliphatic heterocycles. The van der Waals surface area contributed by atoms with Crippen LogP contribution in [-0.4, -0.2) is 29.6 Å². The highest BCUT2D eigenvalue weighted by Crippen LogP contribution is 2.19. The highest BCUT2D eigenvalue weighted by atomic mass is 16.5. The molecule has 0 spiro atoms. The number of esters is 1. The van der Waals surface area contributed by atoms with Crippen molar-refractivity contribution in [3.63, 3.8) is 0 Å². The predicted molar refractivity (Wildman–Crippen MR) is 70.1 cm³/mol. The number of rotatable bonds is 5. The number of anilines is 1. The molecule has 6 heteroatoms. The molecule has 1 aromatic rings. The monoisotopic (exact) mass is 266 g/mol. The number of nitrogen functional groups attached to an aromatic ring is 1. The zero-order valence-corrected chi connectivity index (χ0v) is 10.9. The zero-order valence-electron chi connectivity index (χ0n) is 10.9. The number of hydrogen-bond acceptors (Lipinski definition) is 5. The van der Waals surface area contributed by atoms with Crippen LogP contribution >= 0.6 is 0 Å². The third-order valence-electron chi connectivity index (χ3n) is 2.49. The molecule has 2 atom stereocenters. The van der Waals surface area contributed by atoms with Gasteiger partial charge in [-0.2, -0.15) is 0 Å². The number of hydrogen-bond donors (Lipinski definition) is 3. The summed E-state index contributed by atoms with van der Waals surface area (Å²) in [5.74, 6) is -1.10. The summed E-state index contributed by atoms with van der Waals surface area (Å²) in [7, 11) is 0. The van der Waals surface area contributed by atoms with Gasteiger partial charge in [0.15, 0.2) is 6.04 Å². The highest BCUT2D eigenvalue weighted by Gasteiger charge is 2.30. The summed E-state index contributed by atoms with van der Waals surface area (Å²) in [6.45, 7) is 3.09. The summed E-state index contributed by atoms with van der Waals surface area (Å²) in [4.78, 5) is 22.8. The molecular weight excluding hydrogens is 248 g/mol. The lowest BCUT2D eigenvalue weighted by Gasteiger charge is -2.22. The third kappa shape index (κ3) is 4.26. The minimum atomic E-state index is -1.19. The molecule has 0 heterocycles. The first-order chi connectivity index (χ1) is 8.95. The second-order valence-corrected chi connectivity index (χ2v) is 4.04. The van der Waals surface area contributed by atoms with Crippen LogP contribution < -0.4 is 11.1 Å². The second-order valence-electron chi connectivity index (χ2n) is 4.04. The van der Waals surface area contributed by atoms with E-state index in [0.29, 0.717) is 11.3 Å². The smallest absolute Gasteiger partial charge is 0.331 e. The molecule has 0 aromatic heterocycles. The Kier molecular flexibility index (Phi) is 5.32. The molecule has 0 saturated heterocycles. The molecule has 1 aromatic carbocycles. The summed E-state index contributed by atoms with van der Waals surface area (Å²) in [6, 6.07) is 5.26. The summed E-state index contributed by atoms with van der Waals surface area (Å²) in [5, 5.41) is 12.5. The van der Waals surface area contributed by atoms with E-state index in [2.05, 4.69) is 5.32 Å². The molecule has 0 bridgehead atoms. The van der Waals surface area contributed by atoms with E-state index >= 15 is 0 Å². The van der Waals surface area contributed by atoms with Gasteiger partial charge in [0, 0.05) is 12.6 Å². The lowest BCUT2D eigenvalue weighted by Crippen LogP contribution is -2.45. The van der Waals surface area contributed by atoms with Crippen molar-refractivity contribution >= 4 is 17.6 Å². The molecule has 0 aliphatic rings. The van der Waals surface area contributed by atoms with E-state index in [1.807, 2.05) is 0 Å². The van der Waals surface area contributed by atoms with Crippen LogP contribution in [0.5, 0.6) is 0 Å². The number of aliphatic hydroxyl groups is 1. The lowest BCUT2D eigenvalue weighted by molar-refractivity contribution is -0.150. The van der Waals surface area contributed by atoms with Crippen molar-refractivity contribution in [3.05, 3.63) is 29.8 Å². The molecular formula is C13H18N2O4. The topological polar surface area (TPSA) is 102 Å². The second kappa shape index (κ2) is 6.75. The van der Waals surface area contributed by atoms with Crippen molar-refractivity contribution in [2.24, 2.45) is 0 Å². The first-order valence-electron chi connectivity index (χ1n) is 5.93. The number of carbonyl (C=O) groups excluding carboxylic acids is 2. The molecule has 0 unspecified atom stereocenters. The van der Waals surface area contributed by atoms with Gasteiger partial charge in [0.25, 0.3) is 0 Å². The van der Waals surface area contributed by atoms with E-state index < -0.39 is 24.0 Å². The maximum atomic E-state index is 11.7. The minimum Gasteiger partial charge on any atom is -0.464 e. The van der Waals surface area contributed by atoms with E-state index in [-0.39, 0.29) is 6.61 Å². The van der Waals surface area contributed by atoms with Gasteiger partial charge in [0.05, 0.1) is 6.61 Å². The molecule has 1 amide bonds. The van der Waals surface area contributed by atoms with E-state index in [4.69, 9.17) is 10.5 Å². The van der Waals surface area contributed by atoms with Crippen molar-refractivity contribution < 1.29 is 19.4 Å². The number of aliphatic hydroxyl groups excluding tert-OH is 1. The van der Waals surface area contributed by atoms with Crippen LogP contribution in [0.15, 0.2) is 24.3 Å². The molecule has 104 valence electrons.